The number of carbonyl (C=O) groups is 2. The standard InChI is InChI=1S/C30H36N4O6S/c1-22(2)19-31-30(36)28(17-24-12-6-5-7-13-24)32(20-25-14-9-8-11-23(25)3)29(35)21-33(41(4,39)40)26-15-10-16-27(18-26)34(37)38/h5-16,18,22,28H,17,19-21H2,1-4H3,(H,31,36). The van der Waals surface area contributed by atoms with Gasteiger partial charge in [0.25, 0.3) is 5.69 Å². The first-order valence-corrected chi connectivity index (χ1v) is 15.1. The van der Waals surface area contributed by atoms with Crippen molar-refractivity contribution in [2.45, 2.75) is 39.8 Å². The third-order valence-corrected chi connectivity index (χ3v) is 7.71. The maximum Gasteiger partial charge on any atom is 0.271 e. The van der Waals surface area contributed by atoms with Crippen molar-refractivity contribution in [1.82, 2.24) is 10.2 Å². The van der Waals surface area contributed by atoms with Gasteiger partial charge in [0.05, 0.1) is 16.9 Å². The van der Waals surface area contributed by atoms with Gasteiger partial charge >= 0.3 is 0 Å². The summed E-state index contributed by atoms with van der Waals surface area (Å²) in [7, 11) is -4.03. The van der Waals surface area contributed by atoms with Crippen molar-refractivity contribution >= 4 is 33.2 Å². The Morgan fingerprint density at radius 3 is 2.24 bits per heavy atom. The van der Waals surface area contributed by atoms with E-state index in [2.05, 4.69) is 5.32 Å². The van der Waals surface area contributed by atoms with Gasteiger partial charge in [-0.25, -0.2) is 8.42 Å². The van der Waals surface area contributed by atoms with E-state index in [9.17, 15) is 28.1 Å². The van der Waals surface area contributed by atoms with E-state index < -0.39 is 33.4 Å². The SMILES string of the molecule is Cc1ccccc1CN(C(=O)CN(c1cccc([N+](=O)[O-])c1)S(C)(=O)=O)C(Cc1ccccc1)C(=O)NCC(C)C. The summed E-state index contributed by atoms with van der Waals surface area (Å²) in [5, 5.41) is 14.3. The number of aryl methyl sites for hydroxylation is 1. The summed E-state index contributed by atoms with van der Waals surface area (Å²) in [6.45, 7) is 5.64. The summed E-state index contributed by atoms with van der Waals surface area (Å²) in [5.74, 6) is -0.803. The molecule has 0 aliphatic carbocycles. The number of hydrogen-bond acceptors (Lipinski definition) is 6. The van der Waals surface area contributed by atoms with Crippen molar-refractivity contribution in [2.24, 2.45) is 5.92 Å². The van der Waals surface area contributed by atoms with E-state index in [0.29, 0.717) is 6.54 Å². The highest BCUT2D eigenvalue weighted by Gasteiger charge is 2.33. The monoisotopic (exact) mass is 580 g/mol. The summed E-state index contributed by atoms with van der Waals surface area (Å²) in [5.41, 5.74) is 2.21. The maximum atomic E-state index is 14.1. The molecule has 2 amide bonds. The normalized spacial score (nSPS) is 12.0. The largest absolute Gasteiger partial charge is 0.354 e. The second kappa shape index (κ2) is 13.9. The number of nitro benzene ring substituents is 1. The topological polar surface area (TPSA) is 130 Å². The van der Waals surface area contributed by atoms with Gasteiger partial charge in [0.1, 0.15) is 12.6 Å². The van der Waals surface area contributed by atoms with E-state index in [4.69, 9.17) is 0 Å². The molecule has 0 heterocycles. The van der Waals surface area contributed by atoms with Crippen LogP contribution >= 0.6 is 0 Å². The zero-order chi connectivity index (χ0) is 30.2. The highest BCUT2D eigenvalue weighted by Crippen LogP contribution is 2.24. The molecule has 0 spiro atoms. The van der Waals surface area contributed by atoms with Crippen LogP contribution in [0, 0.1) is 23.0 Å². The molecule has 1 unspecified atom stereocenters. The van der Waals surface area contributed by atoms with Crippen LogP contribution in [0.15, 0.2) is 78.9 Å². The van der Waals surface area contributed by atoms with Gasteiger partial charge in [-0.3, -0.25) is 24.0 Å². The third-order valence-electron chi connectivity index (χ3n) is 6.57. The molecule has 0 radical (unpaired) electrons. The Bertz CT molecular complexity index is 1480. The molecule has 41 heavy (non-hydrogen) atoms. The number of sulfonamides is 1. The van der Waals surface area contributed by atoms with Crippen LogP contribution in [-0.4, -0.2) is 55.4 Å². The van der Waals surface area contributed by atoms with Gasteiger partial charge in [-0.15, -0.1) is 0 Å². The Kier molecular flexibility index (Phi) is 10.6. The number of nitro groups is 1. The quantitative estimate of drug-likeness (QED) is 0.240. The molecule has 3 rings (SSSR count). The van der Waals surface area contributed by atoms with Crippen LogP contribution in [0.5, 0.6) is 0 Å². The number of nitrogens with one attached hydrogen (secondary N) is 1. The molecular weight excluding hydrogens is 544 g/mol. The Labute approximate surface area is 241 Å². The van der Waals surface area contributed by atoms with Crippen molar-refractivity contribution in [2.75, 3.05) is 23.7 Å². The average Bonchev–Trinajstić information content (AvgIpc) is 2.93. The molecule has 0 fully saturated rings. The zero-order valence-electron chi connectivity index (χ0n) is 23.7. The molecule has 11 heteroatoms. The van der Waals surface area contributed by atoms with Gasteiger partial charge in [0, 0.05) is 31.6 Å². The van der Waals surface area contributed by atoms with Crippen LogP contribution in [0.1, 0.15) is 30.5 Å². The number of non-ortho nitro benzene ring substituents is 1. The first kappa shape index (κ1) is 31.3. The maximum absolute atomic E-state index is 14.1. The second-order valence-corrected chi connectivity index (χ2v) is 12.2. The fourth-order valence-electron chi connectivity index (χ4n) is 4.32. The second-order valence-electron chi connectivity index (χ2n) is 10.3. The fourth-order valence-corrected chi connectivity index (χ4v) is 5.16. The number of hydrogen-bond donors (Lipinski definition) is 1. The highest BCUT2D eigenvalue weighted by atomic mass is 32.2. The summed E-state index contributed by atoms with van der Waals surface area (Å²) in [6.07, 6.45) is 1.14. The number of nitrogens with zero attached hydrogens (tertiary/aromatic N) is 3. The van der Waals surface area contributed by atoms with Crippen LogP contribution in [0.2, 0.25) is 0 Å². The van der Waals surface area contributed by atoms with Gasteiger partial charge in [0.15, 0.2) is 0 Å². The fraction of sp³-hybridized carbons (Fsp3) is 0.333. The number of benzene rings is 3. The Balaban J connectivity index is 2.08. The van der Waals surface area contributed by atoms with Gasteiger partial charge < -0.3 is 10.2 Å². The van der Waals surface area contributed by atoms with Crippen molar-refractivity contribution < 1.29 is 22.9 Å². The first-order valence-electron chi connectivity index (χ1n) is 13.2. The molecule has 1 atom stereocenters. The molecule has 3 aromatic carbocycles. The molecule has 1 N–H and O–H groups in total. The first-order chi connectivity index (χ1) is 19.4. The molecular formula is C30H36N4O6S. The molecule has 0 saturated heterocycles. The molecule has 218 valence electrons. The molecule has 0 bridgehead atoms. The minimum Gasteiger partial charge on any atom is -0.354 e. The summed E-state index contributed by atoms with van der Waals surface area (Å²) in [4.78, 5) is 39.8. The number of amides is 2. The smallest absolute Gasteiger partial charge is 0.271 e. The van der Waals surface area contributed by atoms with Crippen molar-refractivity contribution in [3.8, 4) is 0 Å². The molecule has 0 saturated carbocycles. The summed E-state index contributed by atoms with van der Waals surface area (Å²) in [6, 6.07) is 20.9. The van der Waals surface area contributed by atoms with Crippen LogP contribution in [0.25, 0.3) is 0 Å². The summed E-state index contributed by atoms with van der Waals surface area (Å²) < 4.78 is 26.6. The molecule has 0 aliphatic heterocycles. The minimum atomic E-state index is -4.03. The number of anilines is 1. The predicted octanol–water partition coefficient (Wildman–Crippen LogP) is 4.08. The Hall–Kier alpha value is -4.25. The van der Waals surface area contributed by atoms with Crippen molar-refractivity contribution in [3.63, 3.8) is 0 Å². The lowest BCUT2D eigenvalue weighted by atomic mass is 10.0. The van der Waals surface area contributed by atoms with Gasteiger partial charge in [0.2, 0.25) is 21.8 Å². The average molecular weight is 581 g/mol. The lowest BCUT2D eigenvalue weighted by molar-refractivity contribution is -0.384. The molecule has 0 aromatic heterocycles. The van der Waals surface area contributed by atoms with Crippen LogP contribution in [-0.2, 0) is 32.6 Å². The van der Waals surface area contributed by atoms with Crippen molar-refractivity contribution in [3.05, 3.63) is 106 Å². The molecule has 3 aromatic rings. The molecule has 0 aliphatic rings. The lowest BCUT2D eigenvalue weighted by Crippen LogP contribution is -2.53. The third kappa shape index (κ3) is 8.87. The van der Waals surface area contributed by atoms with E-state index in [1.54, 1.807) is 0 Å². The lowest BCUT2D eigenvalue weighted by Gasteiger charge is -2.34. The zero-order valence-corrected chi connectivity index (χ0v) is 24.5. The highest BCUT2D eigenvalue weighted by molar-refractivity contribution is 7.92. The Morgan fingerprint density at radius 2 is 1.63 bits per heavy atom. The number of rotatable bonds is 13. The van der Waals surface area contributed by atoms with Crippen LogP contribution in [0.4, 0.5) is 11.4 Å². The summed E-state index contributed by atoms with van der Waals surface area (Å²) >= 11 is 0. The van der Waals surface area contributed by atoms with Gasteiger partial charge in [-0.2, -0.15) is 0 Å². The van der Waals surface area contributed by atoms with E-state index in [0.717, 1.165) is 33.3 Å². The minimum absolute atomic E-state index is 0.0187. The van der Waals surface area contributed by atoms with E-state index in [1.165, 1.54) is 23.1 Å². The van der Waals surface area contributed by atoms with Gasteiger partial charge in [-0.1, -0.05) is 74.5 Å². The van der Waals surface area contributed by atoms with E-state index in [1.807, 2.05) is 75.4 Å². The molecule has 10 nitrogen and oxygen atoms in total. The van der Waals surface area contributed by atoms with Crippen LogP contribution < -0.4 is 9.62 Å². The van der Waals surface area contributed by atoms with Gasteiger partial charge in [-0.05, 0) is 35.6 Å². The van der Waals surface area contributed by atoms with E-state index >= 15 is 0 Å². The van der Waals surface area contributed by atoms with E-state index in [-0.39, 0.29) is 36.2 Å². The number of carbonyl (C=O) groups excluding carboxylic acids is 2. The predicted molar refractivity (Wildman–Crippen MR) is 159 cm³/mol. The Morgan fingerprint density at radius 1 is 0.976 bits per heavy atom. The van der Waals surface area contributed by atoms with Crippen LogP contribution in [0.3, 0.4) is 0 Å². The van der Waals surface area contributed by atoms with Crippen molar-refractivity contribution in [1.29, 1.82) is 0 Å².